The number of ether oxygens (including phenoxy) is 1. The molecule has 2 N–H and O–H groups in total. The Kier molecular flexibility index (Phi) is 3.93. The molecule has 2 aromatic rings. The standard InChI is InChI=1S/C13H10BrF2NO/c14-8-4-9(15)6-10(5-8)18-13-3-1-2-12(16)11(13)7-17/h1-6H,7,17H2. The van der Waals surface area contributed by atoms with Crippen LogP contribution >= 0.6 is 15.9 Å². The van der Waals surface area contributed by atoms with Crippen molar-refractivity contribution in [3.8, 4) is 11.5 Å². The average Bonchev–Trinajstić information content (AvgIpc) is 2.27. The summed E-state index contributed by atoms with van der Waals surface area (Å²) in [4.78, 5) is 0. The molecule has 2 rings (SSSR count). The highest BCUT2D eigenvalue weighted by molar-refractivity contribution is 9.10. The molecule has 0 amide bonds. The zero-order chi connectivity index (χ0) is 13.1. The molecular weight excluding hydrogens is 304 g/mol. The third-order valence-electron chi connectivity index (χ3n) is 2.34. The zero-order valence-electron chi connectivity index (χ0n) is 9.29. The number of hydrogen-bond donors (Lipinski definition) is 1. The van der Waals surface area contributed by atoms with Crippen LogP contribution < -0.4 is 10.5 Å². The van der Waals surface area contributed by atoms with E-state index in [-0.39, 0.29) is 23.6 Å². The van der Waals surface area contributed by atoms with Gasteiger partial charge in [0.15, 0.2) is 0 Å². The van der Waals surface area contributed by atoms with Gasteiger partial charge in [0.25, 0.3) is 0 Å². The van der Waals surface area contributed by atoms with Gasteiger partial charge in [-0.3, -0.25) is 0 Å². The van der Waals surface area contributed by atoms with Gasteiger partial charge < -0.3 is 10.5 Å². The predicted molar refractivity (Wildman–Crippen MR) is 68.5 cm³/mol. The first-order valence-corrected chi connectivity index (χ1v) is 6.01. The van der Waals surface area contributed by atoms with Gasteiger partial charge in [-0.1, -0.05) is 22.0 Å². The summed E-state index contributed by atoms with van der Waals surface area (Å²) in [5.41, 5.74) is 5.72. The maximum absolute atomic E-state index is 13.5. The topological polar surface area (TPSA) is 35.2 Å². The SMILES string of the molecule is NCc1c(F)cccc1Oc1cc(F)cc(Br)c1. The van der Waals surface area contributed by atoms with Crippen LogP contribution in [0, 0.1) is 11.6 Å². The molecule has 0 fully saturated rings. The van der Waals surface area contributed by atoms with Gasteiger partial charge in [-0.2, -0.15) is 0 Å². The molecule has 0 aromatic heterocycles. The third kappa shape index (κ3) is 2.86. The summed E-state index contributed by atoms with van der Waals surface area (Å²) in [7, 11) is 0. The number of rotatable bonds is 3. The van der Waals surface area contributed by atoms with E-state index in [2.05, 4.69) is 15.9 Å². The lowest BCUT2D eigenvalue weighted by molar-refractivity contribution is 0.462. The molecule has 0 bridgehead atoms. The monoisotopic (exact) mass is 313 g/mol. The first-order valence-electron chi connectivity index (χ1n) is 5.21. The van der Waals surface area contributed by atoms with Crippen LogP contribution in [0.2, 0.25) is 0 Å². The van der Waals surface area contributed by atoms with Gasteiger partial charge in [-0.15, -0.1) is 0 Å². The van der Waals surface area contributed by atoms with Crippen LogP contribution in [0.15, 0.2) is 40.9 Å². The van der Waals surface area contributed by atoms with Crippen molar-refractivity contribution in [3.63, 3.8) is 0 Å². The van der Waals surface area contributed by atoms with Gasteiger partial charge in [0.05, 0.1) is 0 Å². The molecule has 2 nitrogen and oxygen atoms in total. The highest BCUT2D eigenvalue weighted by Crippen LogP contribution is 2.29. The quantitative estimate of drug-likeness (QED) is 0.930. The Hall–Kier alpha value is -1.46. The van der Waals surface area contributed by atoms with Crippen molar-refractivity contribution in [2.24, 2.45) is 5.73 Å². The van der Waals surface area contributed by atoms with Gasteiger partial charge in [-0.25, -0.2) is 8.78 Å². The molecule has 18 heavy (non-hydrogen) atoms. The second kappa shape index (κ2) is 5.46. The lowest BCUT2D eigenvalue weighted by Gasteiger charge is -2.11. The summed E-state index contributed by atoms with van der Waals surface area (Å²) in [5.74, 6) is -0.312. The average molecular weight is 314 g/mol. The van der Waals surface area contributed by atoms with Crippen LogP contribution in [0.1, 0.15) is 5.56 Å². The van der Waals surface area contributed by atoms with Crippen molar-refractivity contribution in [2.75, 3.05) is 0 Å². The molecule has 5 heteroatoms. The van der Waals surface area contributed by atoms with E-state index in [1.54, 1.807) is 12.1 Å². The minimum absolute atomic E-state index is 0.0124. The maximum atomic E-state index is 13.5. The van der Waals surface area contributed by atoms with Crippen molar-refractivity contribution in [3.05, 3.63) is 58.1 Å². The summed E-state index contributed by atoms with van der Waals surface area (Å²) in [6.07, 6.45) is 0. The van der Waals surface area contributed by atoms with Crippen LogP contribution in [0.25, 0.3) is 0 Å². The van der Waals surface area contributed by atoms with Crippen molar-refractivity contribution in [2.45, 2.75) is 6.54 Å². The Morgan fingerprint density at radius 3 is 2.61 bits per heavy atom. The smallest absolute Gasteiger partial charge is 0.134 e. The Bertz CT molecular complexity index is 555. The van der Waals surface area contributed by atoms with Crippen LogP contribution in [0.3, 0.4) is 0 Å². The number of halogens is 3. The highest BCUT2D eigenvalue weighted by atomic mass is 79.9. The first kappa shape index (κ1) is 13.0. The molecule has 94 valence electrons. The van der Waals surface area contributed by atoms with Crippen LogP contribution in [0.5, 0.6) is 11.5 Å². The van der Waals surface area contributed by atoms with E-state index in [1.807, 2.05) is 0 Å². The van der Waals surface area contributed by atoms with Gasteiger partial charge in [0.1, 0.15) is 23.1 Å². The minimum atomic E-state index is -0.440. The Balaban J connectivity index is 2.36. The molecule has 0 atom stereocenters. The van der Waals surface area contributed by atoms with Crippen molar-refractivity contribution in [1.29, 1.82) is 0 Å². The number of hydrogen-bond acceptors (Lipinski definition) is 2. The summed E-state index contributed by atoms with van der Waals surface area (Å²) in [6, 6.07) is 8.52. The fourth-order valence-electron chi connectivity index (χ4n) is 1.55. The normalized spacial score (nSPS) is 10.4. The fourth-order valence-corrected chi connectivity index (χ4v) is 1.99. The summed E-state index contributed by atoms with van der Waals surface area (Å²) < 4.78 is 32.6. The minimum Gasteiger partial charge on any atom is -0.457 e. The predicted octanol–water partition coefficient (Wildman–Crippen LogP) is 3.98. The molecular formula is C13H10BrF2NO. The van der Waals surface area contributed by atoms with E-state index < -0.39 is 11.6 Å². The fraction of sp³-hybridized carbons (Fsp3) is 0.0769. The summed E-state index contributed by atoms with van der Waals surface area (Å²) >= 11 is 3.16. The van der Waals surface area contributed by atoms with Crippen LogP contribution in [0.4, 0.5) is 8.78 Å². The van der Waals surface area contributed by atoms with E-state index >= 15 is 0 Å². The van der Waals surface area contributed by atoms with E-state index in [0.29, 0.717) is 4.47 Å². The van der Waals surface area contributed by atoms with Gasteiger partial charge >= 0.3 is 0 Å². The van der Waals surface area contributed by atoms with E-state index in [4.69, 9.17) is 10.5 Å². The molecule has 0 aliphatic rings. The molecule has 0 aliphatic heterocycles. The van der Waals surface area contributed by atoms with Crippen molar-refractivity contribution >= 4 is 15.9 Å². The first-order chi connectivity index (χ1) is 8.60. The molecule has 2 aromatic carbocycles. The van der Waals surface area contributed by atoms with Crippen LogP contribution in [-0.4, -0.2) is 0 Å². The van der Waals surface area contributed by atoms with Crippen molar-refractivity contribution < 1.29 is 13.5 Å². The lowest BCUT2D eigenvalue weighted by atomic mass is 10.2. The Labute approximate surface area is 112 Å². The number of nitrogens with two attached hydrogens (primary N) is 1. The second-order valence-electron chi connectivity index (χ2n) is 3.63. The lowest BCUT2D eigenvalue weighted by Crippen LogP contribution is -2.02. The molecule has 0 saturated heterocycles. The van der Waals surface area contributed by atoms with Gasteiger partial charge in [0.2, 0.25) is 0 Å². The molecule has 0 heterocycles. The van der Waals surface area contributed by atoms with E-state index in [9.17, 15) is 8.78 Å². The molecule has 0 radical (unpaired) electrons. The molecule has 0 saturated carbocycles. The molecule has 0 spiro atoms. The van der Waals surface area contributed by atoms with E-state index in [1.165, 1.54) is 24.3 Å². The molecule has 0 unspecified atom stereocenters. The second-order valence-corrected chi connectivity index (χ2v) is 4.54. The molecule has 0 aliphatic carbocycles. The zero-order valence-corrected chi connectivity index (χ0v) is 10.9. The largest absolute Gasteiger partial charge is 0.457 e. The van der Waals surface area contributed by atoms with Gasteiger partial charge in [-0.05, 0) is 24.3 Å². The van der Waals surface area contributed by atoms with E-state index in [0.717, 1.165) is 0 Å². The number of benzene rings is 2. The van der Waals surface area contributed by atoms with Crippen LogP contribution in [-0.2, 0) is 6.54 Å². The summed E-state index contributed by atoms with van der Waals surface area (Å²) in [5, 5.41) is 0. The third-order valence-corrected chi connectivity index (χ3v) is 2.80. The maximum Gasteiger partial charge on any atom is 0.134 e. The Morgan fingerprint density at radius 1 is 1.17 bits per heavy atom. The summed E-state index contributed by atoms with van der Waals surface area (Å²) in [6.45, 7) is 0.0124. The van der Waals surface area contributed by atoms with Crippen molar-refractivity contribution in [1.82, 2.24) is 0 Å². The Morgan fingerprint density at radius 2 is 1.94 bits per heavy atom. The highest BCUT2D eigenvalue weighted by Gasteiger charge is 2.09. The van der Waals surface area contributed by atoms with Gasteiger partial charge in [0, 0.05) is 22.6 Å².